The minimum absolute atomic E-state index is 0.0398. The van der Waals surface area contributed by atoms with E-state index < -0.39 is 48.1 Å². The van der Waals surface area contributed by atoms with E-state index in [4.69, 9.17) is 0 Å². The number of rotatable bonds is 5. The van der Waals surface area contributed by atoms with Gasteiger partial charge in [-0.1, -0.05) is 24.8 Å². The molecule has 0 radical (unpaired) electrons. The van der Waals surface area contributed by atoms with Gasteiger partial charge in [0.1, 0.15) is 30.3 Å². The van der Waals surface area contributed by atoms with E-state index in [1.54, 1.807) is 30.6 Å². The molecule has 0 bridgehead atoms. The Kier molecular flexibility index (Phi) is 5.61. The molecule has 4 aliphatic rings. The van der Waals surface area contributed by atoms with Crippen LogP contribution in [0.5, 0.6) is 0 Å². The van der Waals surface area contributed by atoms with E-state index in [9.17, 15) is 32.3 Å². The molecular weight excluding hydrogens is 529 g/mol. The quantitative estimate of drug-likeness (QED) is 0.550. The fourth-order valence-electron chi connectivity index (χ4n) is 6.33. The highest BCUT2D eigenvalue weighted by atomic mass is 19.4. The van der Waals surface area contributed by atoms with Gasteiger partial charge in [-0.3, -0.25) is 24.2 Å². The summed E-state index contributed by atoms with van der Waals surface area (Å²) in [6, 6.07) is 4.05. The molecule has 2 aliphatic heterocycles. The second-order valence-corrected chi connectivity index (χ2v) is 10.3. The van der Waals surface area contributed by atoms with Crippen LogP contribution in [0.3, 0.4) is 0 Å². The number of urea groups is 1. The molecule has 13 heteroatoms. The van der Waals surface area contributed by atoms with Crippen molar-refractivity contribution in [3.8, 4) is 0 Å². The summed E-state index contributed by atoms with van der Waals surface area (Å²) in [7, 11) is 0. The zero-order valence-electron chi connectivity index (χ0n) is 21.0. The van der Waals surface area contributed by atoms with Crippen molar-refractivity contribution in [1.29, 1.82) is 0 Å². The van der Waals surface area contributed by atoms with Gasteiger partial charge >= 0.3 is 12.2 Å². The number of nitrogens with one attached hydrogen (secondary N) is 2. The summed E-state index contributed by atoms with van der Waals surface area (Å²) < 4.78 is 39.6. The van der Waals surface area contributed by atoms with Gasteiger partial charge in [0.25, 0.3) is 5.91 Å². The highest BCUT2D eigenvalue weighted by Gasteiger charge is 2.61. The Hall–Kier alpha value is -4.55. The SMILES string of the molecule is C=CC1=CCCC12C(=O)N(CC(F)(F)F)C(=O)N2CC(=O)Nc1cc2c(cn1)CC1(C2)C(=O)Nc2ncccc21. The molecule has 2 N–H and O–H groups in total. The lowest BCUT2D eigenvalue weighted by atomic mass is 9.79. The number of halogens is 3. The zero-order valence-corrected chi connectivity index (χ0v) is 21.0. The number of hydrogen-bond acceptors (Lipinski definition) is 6. The Balaban J connectivity index is 1.23. The van der Waals surface area contributed by atoms with Gasteiger partial charge in [-0.2, -0.15) is 13.2 Å². The van der Waals surface area contributed by atoms with Gasteiger partial charge in [-0.15, -0.1) is 0 Å². The molecule has 2 aromatic heterocycles. The highest BCUT2D eigenvalue weighted by molar-refractivity contribution is 6.11. The first kappa shape index (κ1) is 25.7. The van der Waals surface area contributed by atoms with Crippen LogP contribution in [0, 0.1) is 0 Å². The first-order chi connectivity index (χ1) is 19.0. The van der Waals surface area contributed by atoms with Gasteiger partial charge in [-0.25, -0.2) is 14.8 Å². The standard InChI is InChI=1S/C27H23F3N6O4/c1-2-17-5-3-7-26(17)23(39)35(14-27(28,29)30)24(40)36(26)13-20(37)33-19-9-15-10-25(11-16(15)12-32-19)18-6-4-8-31-21(18)34-22(25)38/h2,4-6,8-9,12H,1,3,7,10-11,13-14H2,(H,31,34,38)(H,32,33,37). The van der Waals surface area contributed by atoms with Crippen LogP contribution >= 0.6 is 0 Å². The molecule has 2 aliphatic carbocycles. The fourth-order valence-corrected chi connectivity index (χ4v) is 6.33. The number of carbonyl (C=O) groups is 4. The van der Waals surface area contributed by atoms with Crippen molar-refractivity contribution < 1.29 is 32.3 Å². The fraction of sp³-hybridized carbons (Fsp3) is 0.333. The van der Waals surface area contributed by atoms with E-state index in [0.717, 1.165) is 21.6 Å². The third-order valence-corrected chi connectivity index (χ3v) is 8.05. The number of alkyl halides is 3. The Morgan fingerprint density at radius 2 is 1.98 bits per heavy atom. The third-order valence-electron chi connectivity index (χ3n) is 8.05. The average Bonchev–Trinajstić information content (AvgIpc) is 3.62. The topological polar surface area (TPSA) is 125 Å². The van der Waals surface area contributed by atoms with Gasteiger partial charge in [0.15, 0.2) is 0 Å². The van der Waals surface area contributed by atoms with E-state index in [-0.39, 0.29) is 28.6 Å². The number of fused-ring (bicyclic) bond motifs is 3. The Bertz CT molecular complexity index is 1540. The van der Waals surface area contributed by atoms with Gasteiger partial charge in [0, 0.05) is 18.0 Å². The van der Waals surface area contributed by atoms with Crippen LogP contribution in [-0.2, 0) is 32.6 Å². The monoisotopic (exact) mass is 552 g/mol. The molecule has 2 atom stereocenters. The minimum atomic E-state index is -4.81. The van der Waals surface area contributed by atoms with Crippen molar-refractivity contribution in [3.05, 3.63) is 71.6 Å². The van der Waals surface area contributed by atoms with Crippen LogP contribution < -0.4 is 10.6 Å². The number of aromatic nitrogens is 2. The molecule has 40 heavy (non-hydrogen) atoms. The molecule has 2 unspecified atom stereocenters. The number of anilines is 2. The summed E-state index contributed by atoms with van der Waals surface area (Å²) in [6.07, 6.45) is 2.45. The van der Waals surface area contributed by atoms with Crippen LogP contribution in [0.2, 0.25) is 0 Å². The van der Waals surface area contributed by atoms with Crippen molar-refractivity contribution in [2.75, 3.05) is 23.7 Å². The zero-order chi connectivity index (χ0) is 28.4. The predicted molar refractivity (Wildman–Crippen MR) is 135 cm³/mol. The van der Waals surface area contributed by atoms with Crippen molar-refractivity contribution in [3.63, 3.8) is 0 Å². The highest BCUT2D eigenvalue weighted by Crippen LogP contribution is 2.47. The van der Waals surface area contributed by atoms with Gasteiger partial charge in [0.05, 0.1) is 5.41 Å². The maximum absolute atomic E-state index is 13.2. The van der Waals surface area contributed by atoms with Crippen LogP contribution in [0.25, 0.3) is 0 Å². The molecule has 206 valence electrons. The molecule has 5 amide bonds. The number of carbonyl (C=O) groups excluding carboxylic acids is 4. The summed E-state index contributed by atoms with van der Waals surface area (Å²) in [5.41, 5.74) is 0.145. The maximum Gasteiger partial charge on any atom is 0.406 e. The first-order valence-electron chi connectivity index (χ1n) is 12.6. The van der Waals surface area contributed by atoms with Gasteiger partial charge in [0.2, 0.25) is 11.8 Å². The summed E-state index contributed by atoms with van der Waals surface area (Å²) >= 11 is 0. The number of nitrogens with zero attached hydrogens (tertiary/aromatic N) is 4. The Morgan fingerprint density at radius 3 is 2.73 bits per heavy atom. The summed E-state index contributed by atoms with van der Waals surface area (Å²) in [5, 5.41) is 5.41. The largest absolute Gasteiger partial charge is 0.406 e. The van der Waals surface area contributed by atoms with Crippen LogP contribution in [-0.4, -0.2) is 68.3 Å². The van der Waals surface area contributed by atoms with Crippen molar-refractivity contribution in [1.82, 2.24) is 19.8 Å². The molecule has 2 spiro atoms. The molecule has 0 saturated carbocycles. The first-order valence-corrected chi connectivity index (χ1v) is 12.6. The van der Waals surface area contributed by atoms with Crippen LogP contribution in [0.1, 0.15) is 29.5 Å². The summed E-state index contributed by atoms with van der Waals surface area (Å²) in [5.74, 6) is -1.28. The van der Waals surface area contributed by atoms with Crippen LogP contribution in [0.4, 0.5) is 29.6 Å². The molecule has 10 nitrogen and oxygen atoms in total. The number of hydrogen-bond donors (Lipinski definition) is 2. The van der Waals surface area contributed by atoms with E-state index in [1.807, 2.05) is 6.07 Å². The second kappa shape index (κ2) is 8.73. The van der Waals surface area contributed by atoms with Gasteiger partial charge in [-0.05, 0) is 54.5 Å². The number of allylic oxidation sites excluding steroid dienone is 1. The lowest BCUT2D eigenvalue weighted by Gasteiger charge is -2.32. The lowest BCUT2D eigenvalue weighted by Crippen LogP contribution is -2.51. The van der Waals surface area contributed by atoms with Crippen molar-refractivity contribution >= 4 is 35.4 Å². The molecule has 0 aromatic carbocycles. The second-order valence-electron chi connectivity index (χ2n) is 10.3. The summed E-state index contributed by atoms with van der Waals surface area (Å²) in [6.45, 7) is 1.22. The van der Waals surface area contributed by atoms with Gasteiger partial charge < -0.3 is 10.6 Å². The maximum atomic E-state index is 13.2. The van der Waals surface area contributed by atoms with Crippen molar-refractivity contribution in [2.24, 2.45) is 0 Å². The third kappa shape index (κ3) is 3.71. The molecule has 4 heterocycles. The molecular formula is C27H23F3N6O4. The van der Waals surface area contributed by atoms with Crippen LogP contribution in [0.15, 0.2) is 54.9 Å². The van der Waals surface area contributed by atoms with E-state index in [0.29, 0.717) is 25.1 Å². The molecule has 1 fully saturated rings. The Morgan fingerprint density at radius 1 is 1.20 bits per heavy atom. The number of amides is 5. The minimum Gasteiger partial charge on any atom is -0.310 e. The number of pyridine rings is 2. The smallest absolute Gasteiger partial charge is 0.310 e. The van der Waals surface area contributed by atoms with E-state index >= 15 is 0 Å². The normalized spacial score (nSPS) is 25.0. The molecule has 6 rings (SSSR count). The predicted octanol–water partition coefficient (Wildman–Crippen LogP) is 2.88. The average molecular weight is 553 g/mol. The molecule has 1 saturated heterocycles. The molecule has 2 aromatic rings. The lowest BCUT2D eigenvalue weighted by molar-refractivity contribution is -0.154. The Labute approximate surface area is 225 Å². The number of imide groups is 1. The summed E-state index contributed by atoms with van der Waals surface area (Å²) in [4.78, 5) is 61.8. The van der Waals surface area contributed by atoms with E-state index in [2.05, 4.69) is 27.2 Å². The van der Waals surface area contributed by atoms with E-state index in [1.165, 1.54) is 6.08 Å². The van der Waals surface area contributed by atoms with Crippen molar-refractivity contribution in [2.45, 2.75) is 42.8 Å².